The molecule has 18 heteroatoms. The lowest BCUT2D eigenvalue weighted by molar-refractivity contribution is -0.384. The SMILES string of the molecule is COC(=O)[C@H]1NC(=O)[C@H]1NC(=O)C(=NOC(C)(C)C(=O)OCc1ccc([N+](=O)[O-])cc1)c1csc(NC(=O)CCl)n1. The van der Waals surface area contributed by atoms with E-state index < -0.39 is 58.0 Å². The van der Waals surface area contributed by atoms with Crippen LogP contribution in [0.2, 0.25) is 0 Å². The molecule has 3 amide bonds. The molecule has 0 spiro atoms. The molecule has 1 aliphatic rings. The van der Waals surface area contributed by atoms with Crippen LogP contribution in [0.4, 0.5) is 10.8 Å². The summed E-state index contributed by atoms with van der Waals surface area (Å²) in [4.78, 5) is 81.0. The number of halogens is 1. The number of ether oxygens (including phenoxy) is 2. The first kappa shape index (κ1) is 30.9. The predicted octanol–water partition coefficient (Wildman–Crippen LogP) is 0.628. The third-order valence-electron chi connectivity index (χ3n) is 5.36. The van der Waals surface area contributed by atoms with Crippen molar-refractivity contribution in [1.82, 2.24) is 15.6 Å². The van der Waals surface area contributed by atoms with E-state index in [1.165, 1.54) is 43.5 Å². The van der Waals surface area contributed by atoms with Gasteiger partial charge in [-0.05, 0) is 31.5 Å². The van der Waals surface area contributed by atoms with E-state index in [0.29, 0.717) is 5.56 Å². The maximum atomic E-state index is 13.1. The second-order valence-electron chi connectivity index (χ2n) is 8.72. The van der Waals surface area contributed by atoms with E-state index in [-0.39, 0.29) is 29.0 Å². The minimum absolute atomic E-state index is 0.0711. The summed E-state index contributed by atoms with van der Waals surface area (Å²) < 4.78 is 9.83. The van der Waals surface area contributed by atoms with Gasteiger partial charge < -0.3 is 30.3 Å². The summed E-state index contributed by atoms with van der Waals surface area (Å²) in [5.41, 5.74) is -2.00. The van der Waals surface area contributed by atoms with E-state index in [1.807, 2.05) is 0 Å². The predicted molar refractivity (Wildman–Crippen MR) is 142 cm³/mol. The Morgan fingerprint density at radius 3 is 2.51 bits per heavy atom. The quantitative estimate of drug-likeness (QED) is 0.0755. The number of non-ortho nitro benzene ring substituents is 1. The number of thiazole rings is 1. The molecule has 2 aromatic rings. The van der Waals surface area contributed by atoms with E-state index in [9.17, 15) is 34.1 Å². The van der Waals surface area contributed by atoms with Gasteiger partial charge in [-0.25, -0.2) is 14.6 Å². The number of esters is 2. The fourth-order valence-corrected chi connectivity index (χ4v) is 3.87. The lowest BCUT2D eigenvalue weighted by Gasteiger charge is -2.34. The van der Waals surface area contributed by atoms with E-state index in [4.69, 9.17) is 21.2 Å². The minimum atomic E-state index is -1.75. The molecule has 0 bridgehead atoms. The first-order chi connectivity index (χ1) is 19.4. The number of hydrogen-bond acceptors (Lipinski definition) is 13. The number of anilines is 1. The Morgan fingerprint density at radius 1 is 1.24 bits per heavy atom. The summed E-state index contributed by atoms with van der Waals surface area (Å²) >= 11 is 6.42. The van der Waals surface area contributed by atoms with E-state index >= 15 is 0 Å². The molecular formula is C23H23ClN6O10S. The summed E-state index contributed by atoms with van der Waals surface area (Å²) in [6.07, 6.45) is 0. The van der Waals surface area contributed by atoms with Crippen molar-refractivity contribution in [3.05, 3.63) is 51.0 Å². The van der Waals surface area contributed by atoms with Gasteiger partial charge in [0.2, 0.25) is 17.4 Å². The van der Waals surface area contributed by atoms with Gasteiger partial charge in [0, 0.05) is 17.5 Å². The Hall–Kier alpha value is -4.64. The summed E-state index contributed by atoms with van der Waals surface area (Å²) in [7, 11) is 1.11. The number of amides is 3. The molecule has 0 aliphatic carbocycles. The molecule has 0 radical (unpaired) electrons. The molecule has 1 aromatic heterocycles. The summed E-state index contributed by atoms with van der Waals surface area (Å²) in [5, 5.41) is 23.1. The molecule has 2 atom stereocenters. The standard InChI is InChI=1S/C23H23ClN6O10S/c1-23(2,21(35)39-9-11-4-6-12(7-5-11)30(36)37)40-29-15(13-10-41-22(25-13)26-14(31)8-24)18(32)27-16-17(20(34)38-3)28-19(16)33/h4-7,10,16-17H,8-9H2,1-3H3,(H,27,32)(H,28,33)(H,25,26,31)/t16-,17-/m0/s1. The molecule has 2 heterocycles. The number of β-lactam (4-membered cyclic amide) rings is 1. The number of rotatable bonds is 12. The first-order valence-electron chi connectivity index (χ1n) is 11.5. The molecule has 218 valence electrons. The van der Waals surface area contributed by atoms with Gasteiger partial charge in [0.25, 0.3) is 11.6 Å². The number of methoxy groups -OCH3 is 1. The molecular weight excluding hydrogens is 588 g/mol. The third kappa shape index (κ3) is 7.73. The number of carbonyl (C=O) groups excluding carboxylic acids is 5. The van der Waals surface area contributed by atoms with Crippen LogP contribution in [0.1, 0.15) is 25.1 Å². The van der Waals surface area contributed by atoms with Crippen LogP contribution in [0.3, 0.4) is 0 Å². The number of carbonyl (C=O) groups is 5. The highest BCUT2D eigenvalue weighted by Gasteiger charge is 2.46. The van der Waals surface area contributed by atoms with Crippen molar-refractivity contribution in [1.29, 1.82) is 0 Å². The second kappa shape index (κ2) is 13.1. The number of aromatic nitrogens is 1. The van der Waals surface area contributed by atoms with Crippen molar-refractivity contribution >= 4 is 69.1 Å². The van der Waals surface area contributed by atoms with Crippen LogP contribution < -0.4 is 16.0 Å². The largest absolute Gasteiger partial charge is 0.467 e. The van der Waals surface area contributed by atoms with Crippen LogP contribution in [-0.4, -0.2) is 76.0 Å². The van der Waals surface area contributed by atoms with E-state index in [1.54, 1.807) is 0 Å². The fraction of sp³-hybridized carbons (Fsp3) is 0.348. The van der Waals surface area contributed by atoms with Crippen LogP contribution in [0.25, 0.3) is 0 Å². The highest BCUT2D eigenvalue weighted by atomic mass is 35.5. The van der Waals surface area contributed by atoms with Crippen molar-refractivity contribution in [2.45, 2.75) is 38.1 Å². The van der Waals surface area contributed by atoms with Gasteiger partial charge in [0.1, 0.15) is 24.2 Å². The Morgan fingerprint density at radius 2 is 1.93 bits per heavy atom. The molecule has 16 nitrogen and oxygen atoms in total. The Kier molecular flexibility index (Phi) is 9.90. The summed E-state index contributed by atoms with van der Waals surface area (Å²) in [6.45, 7) is 2.39. The van der Waals surface area contributed by atoms with Crippen molar-refractivity contribution in [2.24, 2.45) is 5.16 Å². The smallest absolute Gasteiger partial charge is 0.353 e. The van der Waals surface area contributed by atoms with E-state index in [2.05, 4.69) is 30.8 Å². The zero-order chi connectivity index (χ0) is 30.3. The second-order valence-corrected chi connectivity index (χ2v) is 9.85. The Bertz CT molecular complexity index is 1390. The van der Waals surface area contributed by atoms with Gasteiger partial charge >= 0.3 is 11.9 Å². The number of oxime groups is 1. The Balaban J connectivity index is 1.78. The number of alkyl halides is 1. The fourth-order valence-electron chi connectivity index (χ4n) is 3.09. The molecule has 3 rings (SSSR count). The highest BCUT2D eigenvalue weighted by molar-refractivity contribution is 7.14. The average molecular weight is 611 g/mol. The first-order valence-corrected chi connectivity index (χ1v) is 12.9. The number of nitrogens with zero attached hydrogens (tertiary/aromatic N) is 3. The summed E-state index contributed by atoms with van der Waals surface area (Å²) in [6, 6.07) is 2.92. The third-order valence-corrected chi connectivity index (χ3v) is 6.36. The molecule has 0 unspecified atom stereocenters. The van der Waals surface area contributed by atoms with Crippen LogP contribution in [0.15, 0.2) is 34.8 Å². The average Bonchev–Trinajstić information content (AvgIpc) is 3.40. The molecule has 1 saturated heterocycles. The number of nitrogens with one attached hydrogen (secondary N) is 3. The lowest BCUT2D eigenvalue weighted by atomic mass is 9.99. The zero-order valence-corrected chi connectivity index (χ0v) is 23.2. The molecule has 0 saturated carbocycles. The van der Waals surface area contributed by atoms with Crippen LogP contribution in [-0.2, 0) is 44.9 Å². The number of hydrogen-bond donors (Lipinski definition) is 3. The van der Waals surface area contributed by atoms with Crippen LogP contribution >= 0.6 is 22.9 Å². The monoisotopic (exact) mass is 610 g/mol. The van der Waals surface area contributed by atoms with E-state index in [0.717, 1.165) is 18.4 Å². The van der Waals surface area contributed by atoms with Crippen molar-refractivity contribution in [3.8, 4) is 0 Å². The van der Waals surface area contributed by atoms with Crippen molar-refractivity contribution in [3.63, 3.8) is 0 Å². The number of benzene rings is 1. The van der Waals surface area contributed by atoms with Gasteiger partial charge in [-0.15, -0.1) is 22.9 Å². The van der Waals surface area contributed by atoms with Crippen LogP contribution in [0, 0.1) is 10.1 Å². The highest BCUT2D eigenvalue weighted by Crippen LogP contribution is 2.20. The number of nitro groups is 1. The van der Waals surface area contributed by atoms with Crippen LogP contribution in [0.5, 0.6) is 0 Å². The zero-order valence-electron chi connectivity index (χ0n) is 21.7. The minimum Gasteiger partial charge on any atom is -0.467 e. The number of nitro benzene ring substituents is 1. The maximum absolute atomic E-state index is 13.1. The maximum Gasteiger partial charge on any atom is 0.353 e. The molecule has 3 N–H and O–H groups in total. The van der Waals surface area contributed by atoms with Gasteiger partial charge in [0.15, 0.2) is 16.9 Å². The topological polar surface area (TPSA) is 218 Å². The van der Waals surface area contributed by atoms with Gasteiger partial charge in [-0.1, -0.05) is 5.16 Å². The Labute approximate surface area is 240 Å². The molecule has 1 fully saturated rings. The van der Waals surface area contributed by atoms with Crippen molar-refractivity contribution < 1.29 is 43.2 Å². The summed E-state index contributed by atoms with van der Waals surface area (Å²) in [5.74, 6) is -4.23. The molecule has 1 aromatic carbocycles. The van der Waals surface area contributed by atoms with Crippen molar-refractivity contribution in [2.75, 3.05) is 18.3 Å². The van der Waals surface area contributed by atoms with Gasteiger partial charge in [-0.3, -0.25) is 24.5 Å². The molecule has 1 aliphatic heterocycles. The lowest BCUT2D eigenvalue weighted by Crippen LogP contribution is -2.72. The van der Waals surface area contributed by atoms with Gasteiger partial charge in [0.05, 0.1) is 12.0 Å². The normalized spacial score (nSPS) is 16.5. The molecule has 41 heavy (non-hydrogen) atoms. The van der Waals surface area contributed by atoms with Gasteiger partial charge in [-0.2, -0.15) is 0 Å².